The van der Waals surface area contributed by atoms with Crippen LogP contribution in [0.2, 0.25) is 0 Å². The number of likely N-dealkylation sites (N-methyl/N-ethyl adjacent to an activating group) is 2. The Hall–Kier alpha value is -1.22. The number of aliphatic hydroxyl groups is 2. The summed E-state index contributed by atoms with van der Waals surface area (Å²) in [5.41, 5.74) is 0. The molecule has 120 valence electrons. The average Bonchev–Trinajstić information content (AvgIpc) is 2.12. The normalized spacial score (nSPS) is 13.2. The van der Waals surface area contributed by atoms with Crippen LogP contribution in [0.25, 0.3) is 0 Å². The van der Waals surface area contributed by atoms with E-state index < -0.39 is 35.7 Å². The van der Waals surface area contributed by atoms with Crippen molar-refractivity contribution < 1.29 is 39.0 Å². The van der Waals surface area contributed by atoms with Crippen LogP contribution in [-0.4, -0.2) is 102 Å². The van der Waals surface area contributed by atoms with Gasteiger partial charge in [0.2, 0.25) is 0 Å². The minimum atomic E-state index is -1.13. The first-order valence-electron chi connectivity index (χ1n) is 6.21. The SMILES string of the molecule is CC(O)[N+](C)(CC(=O)O)CC(=O)O.C[N+](C)(C)CCO. The highest BCUT2D eigenvalue weighted by Gasteiger charge is 2.33. The molecule has 0 radical (unpaired) electrons. The van der Waals surface area contributed by atoms with Crippen LogP contribution < -0.4 is 0 Å². The second kappa shape index (κ2) is 8.85. The topological polar surface area (TPSA) is 115 Å². The van der Waals surface area contributed by atoms with Gasteiger partial charge in [-0.1, -0.05) is 0 Å². The van der Waals surface area contributed by atoms with Gasteiger partial charge in [0.05, 0.1) is 34.8 Å². The van der Waals surface area contributed by atoms with Crippen LogP contribution in [0.15, 0.2) is 0 Å². The summed E-state index contributed by atoms with van der Waals surface area (Å²) in [5.74, 6) is -2.27. The molecular formula is C12H28N2O6+2. The molecule has 0 saturated heterocycles. The summed E-state index contributed by atoms with van der Waals surface area (Å²) in [7, 11) is 7.54. The molecule has 1 atom stereocenters. The molecule has 0 aliphatic carbocycles. The maximum absolute atomic E-state index is 10.4. The lowest BCUT2D eigenvalue weighted by molar-refractivity contribution is -0.939. The molecule has 0 aliphatic rings. The van der Waals surface area contributed by atoms with E-state index in [1.807, 2.05) is 0 Å². The number of hydrogen-bond acceptors (Lipinski definition) is 4. The number of aliphatic carboxylic acids is 2. The number of hydrogen-bond donors (Lipinski definition) is 4. The summed E-state index contributed by atoms with van der Waals surface area (Å²) >= 11 is 0. The molecule has 0 spiro atoms. The summed E-state index contributed by atoms with van der Waals surface area (Å²) < 4.78 is 0.418. The van der Waals surface area contributed by atoms with Crippen LogP contribution in [0.3, 0.4) is 0 Å². The minimum absolute atomic E-state index is 0.281. The summed E-state index contributed by atoms with van der Waals surface area (Å²) in [6.45, 7) is 1.66. The Labute approximate surface area is 119 Å². The maximum atomic E-state index is 10.4. The molecule has 20 heavy (non-hydrogen) atoms. The van der Waals surface area contributed by atoms with Gasteiger partial charge in [-0.25, -0.2) is 9.59 Å². The molecule has 0 fully saturated rings. The molecule has 8 heteroatoms. The molecule has 0 bridgehead atoms. The fourth-order valence-electron chi connectivity index (χ4n) is 1.24. The summed E-state index contributed by atoms with van der Waals surface area (Å²) in [6.07, 6.45) is -1.02. The van der Waals surface area contributed by atoms with Crippen molar-refractivity contribution >= 4 is 11.9 Å². The molecule has 8 nitrogen and oxygen atoms in total. The Kier molecular flexibility index (Phi) is 9.33. The monoisotopic (exact) mass is 296 g/mol. The van der Waals surface area contributed by atoms with Crippen LogP contribution >= 0.6 is 0 Å². The van der Waals surface area contributed by atoms with Crippen molar-refractivity contribution in [1.29, 1.82) is 0 Å². The second-order valence-corrected chi connectivity index (χ2v) is 5.95. The predicted octanol–water partition coefficient (Wildman–Crippen LogP) is -1.37. The van der Waals surface area contributed by atoms with E-state index >= 15 is 0 Å². The Balaban J connectivity index is 0. The van der Waals surface area contributed by atoms with Crippen molar-refractivity contribution in [3.05, 3.63) is 0 Å². The van der Waals surface area contributed by atoms with E-state index in [0.717, 1.165) is 11.0 Å². The zero-order chi connectivity index (χ0) is 16.6. The van der Waals surface area contributed by atoms with Crippen LogP contribution in [0.1, 0.15) is 6.92 Å². The Morgan fingerprint density at radius 2 is 1.35 bits per heavy atom. The number of carbonyl (C=O) groups is 2. The molecule has 0 aromatic heterocycles. The third-order valence-corrected chi connectivity index (χ3v) is 2.67. The van der Waals surface area contributed by atoms with Crippen molar-refractivity contribution in [1.82, 2.24) is 0 Å². The van der Waals surface area contributed by atoms with Crippen molar-refractivity contribution in [2.24, 2.45) is 0 Å². The van der Waals surface area contributed by atoms with E-state index in [0.29, 0.717) is 0 Å². The Morgan fingerprint density at radius 1 is 1.00 bits per heavy atom. The lowest BCUT2D eigenvalue weighted by Gasteiger charge is -2.33. The lowest BCUT2D eigenvalue weighted by atomic mass is 10.3. The van der Waals surface area contributed by atoms with E-state index in [-0.39, 0.29) is 6.61 Å². The van der Waals surface area contributed by atoms with Gasteiger partial charge in [-0.15, -0.1) is 0 Å². The van der Waals surface area contributed by atoms with Crippen molar-refractivity contribution in [2.45, 2.75) is 13.2 Å². The predicted molar refractivity (Wildman–Crippen MR) is 72.9 cm³/mol. The van der Waals surface area contributed by atoms with E-state index in [1.165, 1.54) is 14.0 Å². The van der Waals surface area contributed by atoms with Gasteiger partial charge in [0, 0.05) is 6.92 Å². The van der Waals surface area contributed by atoms with Gasteiger partial charge in [0.1, 0.15) is 6.54 Å². The molecule has 0 aromatic rings. The molecule has 1 unspecified atom stereocenters. The van der Waals surface area contributed by atoms with Gasteiger partial charge >= 0.3 is 11.9 Å². The second-order valence-electron chi connectivity index (χ2n) is 5.95. The Bertz CT molecular complexity index is 296. The highest BCUT2D eigenvalue weighted by Crippen LogP contribution is 2.07. The number of nitrogens with zero attached hydrogens (tertiary/aromatic N) is 2. The maximum Gasteiger partial charge on any atom is 0.359 e. The van der Waals surface area contributed by atoms with E-state index in [1.54, 1.807) is 0 Å². The molecule has 0 heterocycles. The van der Waals surface area contributed by atoms with Gasteiger partial charge in [0.25, 0.3) is 0 Å². The van der Waals surface area contributed by atoms with Crippen molar-refractivity contribution in [3.8, 4) is 0 Å². The largest absolute Gasteiger partial charge is 0.477 e. The van der Waals surface area contributed by atoms with Gasteiger partial charge in [0.15, 0.2) is 19.3 Å². The minimum Gasteiger partial charge on any atom is -0.477 e. The molecule has 0 saturated carbocycles. The van der Waals surface area contributed by atoms with Crippen LogP contribution in [-0.2, 0) is 9.59 Å². The highest BCUT2D eigenvalue weighted by atomic mass is 16.4. The molecule has 0 amide bonds. The number of aliphatic hydroxyl groups excluding tert-OH is 2. The zero-order valence-corrected chi connectivity index (χ0v) is 12.9. The zero-order valence-electron chi connectivity index (χ0n) is 12.9. The molecule has 4 N–H and O–H groups in total. The first-order chi connectivity index (χ1) is 8.84. The van der Waals surface area contributed by atoms with Crippen LogP contribution in [0.5, 0.6) is 0 Å². The van der Waals surface area contributed by atoms with Gasteiger partial charge in [-0.3, -0.25) is 4.48 Å². The highest BCUT2D eigenvalue weighted by molar-refractivity contribution is 5.70. The summed E-state index contributed by atoms with van der Waals surface area (Å²) in [4.78, 5) is 20.8. The first kappa shape index (κ1) is 21.1. The van der Waals surface area contributed by atoms with Crippen LogP contribution in [0, 0.1) is 0 Å². The standard InChI is InChI=1S/C7H13NO5.C5H14NO/c1-5(9)8(2,3-6(10)11)4-7(12)13;1-6(2,3)4-5-7/h5,9H,3-4H2,1-2H3,(H-,10,11,12,13);7H,4-5H2,1-3H3/q;+1/p+1. The number of rotatable bonds is 7. The quantitative estimate of drug-likeness (QED) is 0.340. The summed E-state index contributed by atoms with van der Waals surface area (Å²) in [6, 6.07) is 0. The summed E-state index contributed by atoms with van der Waals surface area (Å²) in [5, 5.41) is 34.6. The third-order valence-electron chi connectivity index (χ3n) is 2.67. The van der Waals surface area contributed by atoms with Crippen molar-refractivity contribution in [2.75, 3.05) is 54.4 Å². The van der Waals surface area contributed by atoms with E-state index in [9.17, 15) is 14.7 Å². The fourth-order valence-corrected chi connectivity index (χ4v) is 1.24. The van der Waals surface area contributed by atoms with Crippen LogP contribution in [0.4, 0.5) is 0 Å². The Morgan fingerprint density at radius 3 is 1.45 bits per heavy atom. The molecule has 0 rings (SSSR count). The van der Waals surface area contributed by atoms with Gasteiger partial charge in [-0.05, 0) is 0 Å². The van der Waals surface area contributed by atoms with Crippen molar-refractivity contribution in [3.63, 3.8) is 0 Å². The molecular weight excluding hydrogens is 268 g/mol. The number of carboxylic acid groups (broad SMARTS) is 2. The third kappa shape index (κ3) is 11.8. The molecule has 0 aliphatic heterocycles. The average molecular weight is 296 g/mol. The van der Waals surface area contributed by atoms with E-state index in [4.69, 9.17) is 15.3 Å². The van der Waals surface area contributed by atoms with E-state index in [2.05, 4.69) is 21.1 Å². The van der Waals surface area contributed by atoms with Gasteiger partial charge < -0.3 is 24.9 Å². The van der Waals surface area contributed by atoms with Gasteiger partial charge in [-0.2, -0.15) is 0 Å². The fraction of sp³-hybridized carbons (Fsp3) is 0.833. The molecule has 0 aromatic carbocycles. The smallest absolute Gasteiger partial charge is 0.359 e. The first-order valence-corrected chi connectivity index (χ1v) is 6.21. The number of carboxylic acids is 2. The number of quaternary nitrogens is 2. The lowest BCUT2D eigenvalue weighted by Crippen LogP contribution is -2.56.